The predicted molar refractivity (Wildman–Crippen MR) is 112 cm³/mol. The van der Waals surface area contributed by atoms with Crippen molar-refractivity contribution in [1.29, 1.82) is 10.7 Å². The van der Waals surface area contributed by atoms with Crippen molar-refractivity contribution in [3.05, 3.63) is 88.9 Å². The zero-order valence-corrected chi connectivity index (χ0v) is 15.9. The molecule has 0 fully saturated rings. The molecule has 0 radical (unpaired) electrons. The standard InChI is InChI=1S/C24H23N3O/c1-2-3-14-27-22(18-10-6-4-7-11-18)15-20(21(17-25)24(27)26)16-23(28)19-12-8-5-9-13-19/h4-13,15-16,26,28H,2-3,14H2,1H3. The number of benzene rings is 2. The van der Waals surface area contributed by atoms with Crippen LogP contribution in [0, 0.1) is 16.7 Å². The molecule has 0 bridgehead atoms. The molecular weight excluding hydrogens is 346 g/mol. The highest BCUT2D eigenvalue weighted by molar-refractivity contribution is 5.80. The van der Waals surface area contributed by atoms with Gasteiger partial charge in [-0.2, -0.15) is 5.26 Å². The lowest BCUT2D eigenvalue weighted by Crippen LogP contribution is -2.25. The van der Waals surface area contributed by atoms with Gasteiger partial charge in [0.25, 0.3) is 0 Å². The van der Waals surface area contributed by atoms with E-state index in [4.69, 9.17) is 5.41 Å². The van der Waals surface area contributed by atoms with E-state index in [9.17, 15) is 10.4 Å². The molecule has 140 valence electrons. The van der Waals surface area contributed by atoms with Crippen LogP contribution in [0.25, 0.3) is 23.1 Å². The molecule has 0 amide bonds. The maximum Gasteiger partial charge on any atom is 0.144 e. The van der Waals surface area contributed by atoms with Gasteiger partial charge in [-0.25, -0.2) is 0 Å². The van der Waals surface area contributed by atoms with Gasteiger partial charge in [-0.3, -0.25) is 5.41 Å². The zero-order valence-electron chi connectivity index (χ0n) is 15.9. The van der Waals surface area contributed by atoms with Gasteiger partial charge in [0.15, 0.2) is 0 Å². The zero-order chi connectivity index (χ0) is 19.9. The molecule has 3 rings (SSSR count). The fourth-order valence-corrected chi connectivity index (χ4v) is 3.16. The molecule has 1 aromatic heterocycles. The van der Waals surface area contributed by atoms with Gasteiger partial charge in [0, 0.05) is 17.7 Å². The van der Waals surface area contributed by atoms with Crippen LogP contribution in [0.1, 0.15) is 36.5 Å². The molecule has 3 aromatic rings. The van der Waals surface area contributed by atoms with E-state index in [2.05, 4.69) is 13.0 Å². The Morgan fingerprint density at radius 2 is 1.75 bits per heavy atom. The van der Waals surface area contributed by atoms with Crippen LogP contribution >= 0.6 is 0 Å². The molecule has 2 N–H and O–H groups in total. The second kappa shape index (κ2) is 8.88. The Bertz CT molecular complexity index is 1070. The Kier molecular flexibility index (Phi) is 6.08. The van der Waals surface area contributed by atoms with Gasteiger partial charge in [0.2, 0.25) is 0 Å². The smallest absolute Gasteiger partial charge is 0.144 e. The topological polar surface area (TPSA) is 72.8 Å². The number of rotatable bonds is 6. The third kappa shape index (κ3) is 4.05. The summed E-state index contributed by atoms with van der Waals surface area (Å²) < 4.78 is 1.88. The monoisotopic (exact) mass is 369 g/mol. The van der Waals surface area contributed by atoms with Crippen LogP contribution in [0.3, 0.4) is 0 Å². The van der Waals surface area contributed by atoms with Crippen LogP contribution in [0.5, 0.6) is 0 Å². The van der Waals surface area contributed by atoms with Gasteiger partial charge >= 0.3 is 0 Å². The summed E-state index contributed by atoms with van der Waals surface area (Å²) in [7, 11) is 0. The number of hydrogen-bond acceptors (Lipinski definition) is 3. The van der Waals surface area contributed by atoms with E-state index in [-0.39, 0.29) is 16.8 Å². The minimum atomic E-state index is 0.0711. The third-order valence-electron chi connectivity index (χ3n) is 4.66. The van der Waals surface area contributed by atoms with Crippen molar-refractivity contribution in [1.82, 2.24) is 4.57 Å². The largest absolute Gasteiger partial charge is 0.507 e. The SMILES string of the molecule is CCCCn1c(-c2ccccc2)cc(C=C(O)c2ccccc2)c(C#N)c1=N. The fourth-order valence-electron chi connectivity index (χ4n) is 3.16. The first-order chi connectivity index (χ1) is 13.7. The molecule has 0 aliphatic rings. The highest BCUT2D eigenvalue weighted by Crippen LogP contribution is 2.24. The summed E-state index contributed by atoms with van der Waals surface area (Å²) in [6.07, 6.45) is 3.49. The molecule has 0 spiro atoms. The predicted octanol–water partition coefficient (Wildman–Crippen LogP) is 5.36. The van der Waals surface area contributed by atoms with E-state index in [1.165, 1.54) is 0 Å². The summed E-state index contributed by atoms with van der Waals surface area (Å²) in [5.41, 5.74) is 3.49. The van der Waals surface area contributed by atoms with Crippen molar-refractivity contribution < 1.29 is 5.11 Å². The molecule has 0 saturated carbocycles. The van der Waals surface area contributed by atoms with Gasteiger partial charge < -0.3 is 9.67 Å². The van der Waals surface area contributed by atoms with Gasteiger partial charge in [0.05, 0.1) is 5.69 Å². The molecule has 0 aliphatic heterocycles. The van der Waals surface area contributed by atoms with E-state index in [0.717, 1.165) is 24.1 Å². The molecule has 0 unspecified atom stereocenters. The molecule has 2 aromatic carbocycles. The molecule has 4 nitrogen and oxygen atoms in total. The molecule has 4 heteroatoms. The van der Waals surface area contributed by atoms with Crippen LogP contribution in [0.2, 0.25) is 0 Å². The second-order valence-corrected chi connectivity index (χ2v) is 6.59. The highest BCUT2D eigenvalue weighted by atomic mass is 16.3. The number of unbranched alkanes of at least 4 members (excludes halogenated alkanes) is 1. The average Bonchev–Trinajstić information content (AvgIpc) is 2.74. The Morgan fingerprint density at radius 3 is 2.36 bits per heavy atom. The molecular formula is C24H23N3O. The molecule has 0 aliphatic carbocycles. The van der Waals surface area contributed by atoms with Crippen LogP contribution in [0.4, 0.5) is 0 Å². The van der Waals surface area contributed by atoms with Gasteiger partial charge in [-0.1, -0.05) is 74.0 Å². The van der Waals surface area contributed by atoms with Crippen LogP contribution in [-0.2, 0) is 6.54 Å². The second-order valence-electron chi connectivity index (χ2n) is 6.59. The number of nitrogens with zero attached hydrogens (tertiary/aromatic N) is 2. The molecule has 0 atom stereocenters. The number of pyridine rings is 1. The summed E-state index contributed by atoms with van der Waals surface area (Å²) in [6, 6.07) is 23.1. The van der Waals surface area contributed by atoms with E-state index < -0.39 is 0 Å². The van der Waals surface area contributed by atoms with E-state index in [0.29, 0.717) is 17.7 Å². The van der Waals surface area contributed by atoms with Gasteiger partial charge in [-0.15, -0.1) is 0 Å². The van der Waals surface area contributed by atoms with Crippen molar-refractivity contribution in [3.8, 4) is 17.3 Å². The summed E-state index contributed by atoms with van der Waals surface area (Å²) in [5, 5.41) is 28.9. The summed E-state index contributed by atoms with van der Waals surface area (Å²) >= 11 is 0. The lowest BCUT2D eigenvalue weighted by Gasteiger charge is -2.17. The molecule has 1 heterocycles. The number of aliphatic hydroxyl groups excluding tert-OH is 1. The average molecular weight is 369 g/mol. The minimum Gasteiger partial charge on any atom is -0.507 e. The van der Waals surface area contributed by atoms with E-state index in [1.54, 1.807) is 6.08 Å². The number of hydrogen-bond donors (Lipinski definition) is 2. The number of aliphatic hydroxyl groups is 1. The van der Waals surface area contributed by atoms with Crippen LogP contribution in [-0.4, -0.2) is 9.67 Å². The fraction of sp³-hybridized carbons (Fsp3) is 0.167. The lowest BCUT2D eigenvalue weighted by atomic mass is 10.0. The molecule has 0 saturated heterocycles. The maximum absolute atomic E-state index is 10.5. The Labute approximate surface area is 165 Å². The maximum atomic E-state index is 10.5. The first-order valence-electron chi connectivity index (χ1n) is 9.39. The van der Waals surface area contributed by atoms with Gasteiger partial charge in [-0.05, 0) is 24.1 Å². The number of nitriles is 1. The minimum absolute atomic E-state index is 0.0711. The van der Waals surface area contributed by atoms with Crippen LogP contribution in [0.15, 0.2) is 66.7 Å². The van der Waals surface area contributed by atoms with Crippen molar-refractivity contribution in [2.75, 3.05) is 0 Å². The third-order valence-corrected chi connectivity index (χ3v) is 4.66. The Morgan fingerprint density at radius 1 is 1.11 bits per heavy atom. The summed E-state index contributed by atoms with van der Waals surface area (Å²) in [5.74, 6) is 0.0711. The first-order valence-corrected chi connectivity index (χ1v) is 9.39. The highest BCUT2D eigenvalue weighted by Gasteiger charge is 2.13. The number of aromatic nitrogens is 1. The Balaban J connectivity index is 2.22. The van der Waals surface area contributed by atoms with E-state index >= 15 is 0 Å². The lowest BCUT2D eigenvalue weighted by molar-refractivity contribution is 0.515. The normalized spacial score (nSPS) is 11.2. The van der Waals surface area contributed by atoms with E-state index in [1.807, 2.05) is 71.3 Å². The van der Waals surface area contributed by atoms with Crippen molar-refractivity contribution >= 4 is 11.8 Å². The first kappa shape index (κ1) is 19.2. The van der Waals surface area contributed by atoms with Crippen molar-refractivity contribution in [3.63, 3.8) is 0 Å². The number of nitrogens with one attached hydrogen (secondary N) is 1. The molecule has 28 heavy (non-hydrogen) atoms. The van der Waals surface area contributed by atoms with Crippen LogP contribution < -0.4 is 5.49 Å². The Hall–Kier alpha value is -3.58. The van der Waals surface area contributed by atoms with Gasteiger partial charge in [0.1, 0.15) is 22.9 Å². The van der Waals surface area contributed by atoms with Crippen molar-refractivity contribution in [2.24, 2.45) is 0 Å². The summed E-state index contributed by atoms with van der Waals surface area (Å²) in [4.78, 5) is 0. The van der Waals surface area contributed by atoms with Crippen molar-refractivity contribution in [2.45, 2.75) is 26.3 Å². The quantitative estimate of drug-likeness (QED) is 0.574. The summed E-state index contributed by atoms with van der Waals surface area (Å²) in [6.45, 7) is 2.77.